The van der Waals surface area contributed by atoms with Crippen LogP contribution >= 0.6 is 0 Å². The van der Waals surface area contributed by atoms with E-state index in [4.69, 9.17) is 9.47 Å². The number of hydrogen-bond donors (Lipinski definition) is 2. The Hall–Kier alpha value is -4.84. The van der Waals surface area contributed by atoms with Crippen LogP contribution < -0.4 is 20.1 Å². The minimum atomic E-state index is -0.183. The Labute approximate surface area is 274 Å². The summed E-state index contributed by atoms with van der Waals surface area (Å²) in [6.07, 6.45) is 13.9. The Morgan fingerprint density at radius 3 is 1.28 bits per heavy atom. The van der Waals surface area contributed by atoms with Gasteiger partial charge in [0.2, 0.25) is 11.8 Å². The molecule has 0 heterocycles. The van der Waals surface area contributed by atoms with E-state index in [0.717, 1.165) is 33.8 Å². The van der Waals surface area contributed by atoms with Gasteiger partial charge in [-0.15, -0.1) is 0 Å². The van der Waals surface area contributed by atoms with Crippen LogP contribution in [0.2, 0.25) is 0 Å². The third kappa shape index (κ3) is 11.3. The lowest BCUT2D eigenvalue weighted by molar-refractivity contribution is -0.117. The van der Waals surface area contributed by atoms with Crippen molar-refractivity contribution in [3.8, 4) is 11.5 Å². The van der Waals surface area contributed by atoms with E-state index < -0.39 is 0 Å². The number of benzene rings is 3. The number of carbonyl (C=O) groups excluding carboxylic acids is 2. The van der Waals surface area contributed by atoms with Crippen LogP contribution in [0.15, 0.2) is 97.1 Å². The van der Waals surface area contributed by atoms with Crippen LogP contribution in [0.1, 0.15) is 74.9 Å². The molecule has 0 unspecified atom stereocenters. The lowest BCUT2D eigenvalue weighted by Crippen LogP contribution is -2.21. The maximum Gasteiger partial charge on any atom is 0.244 e. The summed E-state index contributed by atoms with van der Waals surface area (Å²) in [4.78, 5) is 24.6. The first-order chi connectivity index (χ1) is 21.8. The van der Waals surface area contributed by atoms with Crippen LogP contribution in [-0.2, 0) is 33.5 Å². The van der Waals surface area contributed by atoms with Crippen LogP contribution in [0.5, 0.6) is 11.5 Å². The Bertz CT molecular complexity index is 1480. The molecule has 3 aromatic carbocycles. The van der Waals surface area contributed by atoms with Gasteiger partial charge in [0.1, 0.15) is 11.5 Å². The first-order valence-electron chi connectivity index (χ1n) is 15.5. The molecule has 46 heavy (non-hydrogen) atoms. The normalized spacial score (nSPS) is 12.3. The van der Waals surface area contributed by atoms with Gasteiger partial charge in [-0.25, -0.2) is 0 Å². The minimum Gasteiger partial charge on any atom is -0.496 e. The van der Waals surface area contributed by atoms with E-state index >= 15 is 0 Å². The highest BCUT2D eigenvalue weighted by molar-refractivity contribution is 5.88. The zero-order valence-electron chi connectivity index (χ0n) is 28.4. The number of rotatable bonds is 12. The molecule has 0 radical (unpaired) electrons. The summed E-state index contributed by atoms with van der Waals surface area (Å²) in [6.45, 7) is 13.8. The second-order valence-corrected chi connectivity index (χ2v) is 13.1. The fourth-order valence-electron chi connectivity index (χ4n) is 4.51. The molecular formula is C40H48N2O4. The van der Waals surface area contributed by atoms with Gasteiger partial charge in [-0.05, 0) is 45.2 Å². The second-order valence-electron chi connectivity index (χ2n) is 13.1. The number of allylic oxidation sites excluding steroid dienone is 4. The number of nitrogens with one attached hydrogen (secondary N) is 2. The molecule has 2 N–H and O–H groups in total. The molecule has 6 heteroatoms. The molecule has 0 aliphatic heterocycles. The molecule has 0 atom stereocenters. The number of methoxy groups -OCH3 is 2. The molecule has 3 aromatic rings. The van der Waals surface area contributed by atoms with Gasteiger partial charge in [-0.2, -0.15) is 0 Å². The van der Waals surface area contributed by atoms with E-state index in [2.05, 4.69) is 76.4 Å². The molecule has 6 nitrogen and oxygen atoms in total. The fourth-order valence-corrected chi connectivity index (χ4v) is 4.51. The maximum atomic E-state index is 12.3. The first kappa shape index (κ1) is 35.6. The van der Waals surface area contributed by atoms with Crippen molar-refractivity contribution in [2.24, 2.45) is 0 Å². The molecule has 242 valence electrons. The van der Waals surface area contributed by atoms with Crippen molar-refractivity contribution in [3.05, 3.63) is 131 Å². The highest BCUT2D eigenvalue weighted by Gasteiger charge is 2.16. The van der Waals surface area contributed by atoms with Gasteiger partial charge in [0.15, 0.2) is 0 Å². The molecule has 0 aliphatic carbocycles. The van der Waals surface area contributed by atoms with Gasteiger partial charge >= 0.3 is 0 Å². The van der Waals surface area contributed by atoms with Crippen LogP contribution in [0.25, 0.3) is 12.2 Å². The van der Waals surface area contributed by atoms with E-state index in [9.17, 15) is 9.59 Å². The van der Waals surface area contributed by atoms with E-state index in [1.165, 1.54) is 23.3 Å². The summed E-state index contributed by atoms with van der Waals surface area (Å²) < 4.78 is 11.1. The van der Waals surface area contributed by atoms with Gasteiger partial charge in [0.25, 0.3) is 0 Å². The van der Waals surface area contributed by atoms with Gasteiger partial charge in [-0.3, -0.25) is 9.59 Å². The van der Waals surface area contributed by atoms with E-state index in [-0.39, 0.29) is 22.6 Å². The van der Waals surface area contributed by atoms with Crippen molar-refractivity contribution in [2.45, 2.75) is 65.5 Å². The quantitative estimate of drug-likeness (QED) is 0.159. The van der Waals surface area contributed by atoms with Crippen molar-refractivity contribution in [1.29, 1.82) is 0 Å². The zero-order chi connectivity index (χ0) is 33.7. The molecule has 0 aliphatic rings. The van der Waals surface area contributed by atoms with Crippen molar-refractivity contribution in [1.82, 2.24) is 10.6 Å². The molecule has 0 fully saturated rings. The molecule has 0 spiro atoms. The highest BCUT2D eigenvalue weighted by atomic mass is 16.5. The highest BCUT2D eigenvalue weighted by Crippen LogP contribution is 2.30. The lowest BCUT2D eigenvalue weighted by atomic mass is 9.86. The zero-order valence-corrected chi connectivity index (χ0v) is 28.4. The average Bonchev–Trinajstić information content (AvgIpc) is 3.02. The molecular weight excluding hydrogens is 572 g/mol. The predicted molar refractivity (Wildman–Crippen MR) is 190 cm³/mol. The van der Waals surface area contributed by atoms with Crippen LogP contribution in [0.4, 0.5) is 0 Å². The summed E-state index contributed by atoms with van der Waals surface area (Å²) in [6, 6.07) is 20.1. The summed E-state index contributed by atoms with van der Waals surface area (Å²) in [5.41, 5.74) is 6.30. The smallest absolute Gasteiger partial charge is 0.244 e. The van der Waals surface area contributed by atoms with Crippen LogP contribution in [0, 0.1) is 0 Å². The molecule has 2 amide bonds. The molecule has 0 aromatic heterocycles. The lowest BCUT2D eigenvalue weighted by Gasteiger charge is -2.20. The number of ether oxygens (including phenoxy) is 2. The summed E-state index contributed by atoms with van der Waals surface area (Å²) in [5.74, 6) is 1.23. The van der Waals surface area contributed by atoms with Gasteiger partial charge in [0.05, 0.1) is 14.2 Å². The Kier molecular flexibility index (Phi) is 12.8. The Morgan fingerprint density at radius 2 is 0.957 bits per heavy atom. The SMILES string of the molecule is COc1cc(C(C)(C)C)ccc1C=CC=CC(=O)NCc1ccc(CNC(=O)C=CC=Cc2ccc(C(C)(C)C)cc2OC)cc1. The van der Waals surface area contributed by atoms with Gasteiger partial charge in [0, 0.05) is 36.4 Å². The molecule has 0 saturated carbocycles. The Balaban J connectivity index is 1.42. The number of carbonyl (C=O) groups is 2. The third-order valence-corrected chi connectivity index (χ3v) is 7.42. The van der Waals surface area contributed by atoms with Crippen molar-refractivity contribution < 1.29 is 19.1 Å². The van der Waals surface area contributed by atoms with Crippen molar-refractivity contribution in [3.63, 3.8) is 0 Å². The maximum absolute atomic E-state index is 12.3. The monoisotopic (exact) mass is 620 g/mol. The number of amides is 2. The second kappa shape index (κ2) is 16.5. The van der Waals surface area contributed by atoms with E-state index in [0.29, 0.717) is 13.1 Å². The predicted octanol–water partition coefficient (Wildman–Crippen LogP) is 8.07. The van der Waals surface area contributed by atoms with Crippen molar-refractivity contribution in [2.75, 3.05) is 14.2 Å². The van der Waals surface area contributed by atoms with Gasteiger partial charge < -0.3 is 20.1 Å². The van der Waals surface area contributed by atoms with E-state index in [1.54, 1.807) is 26.4 Å². The largest absolute Gasteiger partial charge is 0.496 e. The topological polar surface area (TPSA) is 76.7 Å². The average molecular weight is 621 g/mol. The van der Waals surface area contributed by atoms with Crippen LogP contribution in [0.3, 0.4) is 0 Å². The van der Waals surface area contributed by atoms with E-state index in [1.807, 2.05) is 60.7 Å². The molecule has 3 rings (SSSR count). The first-order valence-corrected chi connectivity index (χ1v) is 15.5. The Morgan fingerprint density at radius 1 is 0.587 bits per heavy atom. The number of hydrogen-bond acceptors (Lipinski definition) is 4. The summed E-state index contributed by atoms with van der Waals surface area (Å²) in [7, 11) is 3.32. The molecule has 0 bridgehead atoms. The van der Waals surface area contributed by atoms with Crippen molar-refractivity contribution >= 4 is 24.0 Å². The summed E-state index contributed by atoms with van der Waals surface area (Å²) in [5, 5.41) is 5.79. The molecule has 0 saturated heterocycles. The van der Waals surface area contributed by atoms with Crippen LogP contribution in [-0.4, -0.2) is 26.0 Å². The fraction of sp³-hybridized carbons (Fsp3) is 0.300. The third-order valence-electron chi connectivity index (χ3n) is 7.42. The van der Waals surface area contributed by atoms with Gasteiger partial charge in [-0.1, -0.05) is 127 Å². The summed E-state index contributed by atoms with van der Waals surface area (Å²) >= 11 is 0. The minimum absolute atomic E-state index is 0.0378. The standard InChI is InChI=1S/C40H48N2O4/c1-39(2,3)33-23-21-31(35(25-33)45-7)13-9-11-15-37(43)41-27-29-17-19-30(20-18-29)28-42-38(44)16-12-10-14-32-22-24-34(40(4,5)6)26-36(32)46-8/h9-26H,27-28H2,1-8H3,(H,41,43)(H,42,44).